The summed E-state index contributed by atoms with van der Waals surface area (Å²) in [5.41, 5.74) is 0.195. The summed E-state index contributed by atoms with van der Waals surface area (Å²) in [5, 5.41) is 11.2. The van der Waals surface area contributed by atoms with Crippen molar-refractivity contribution in [3.8, 4) is 5.75 Å². The van der Waals surface area contributed by atoms with Gasteiger partial charge in [0, 0.05) is 12.5 Å². The first-order valence-corrected chi connectivity index (χ1v) is 5.42. The number of para-hydroxylation sites is 1. The van der Waals surface area contributed by atoms with Crippen LogP contribution in [0.3, 0.4) is 0 Å². The van der Waals surface area contributed by atoms with Crippen LogP contribution >= 0.6 is 0 Å². The first-order valence-electron chi connectivity index (χ1n) is 5.42. The van der Waals surface area contributed by atoms with Gasteiger partial charge in [0.25, 0.3) is 0 Å². The molecule has 0 radical (unpaired) electrons. The van der Waals surface area contributed by atoms with Crippen molar-refractivity contribution in [2.75, 3.05) is 0 Å². The van der Waals surface area contributed by atoms with Gasteiger partial charge < -0.3 is 15.2 Å². The number of benzene rings is 1. The molecule has 104 valence electrons. The second-order valence-electron chi connectivity index (χ2n) is 3.77. The number of amides is 1. The molecule has 1 aromatic rings. The van der Waals surface area contributed by atoms with Crippen molar-refractivity contribution in [2.24, 2.45) is 0 Å². The largest absolute Gasteiger partial charge is 0.481 e. The minimum absolute atomic E-state index is 0.155. The second-order valence-corrected chi connectivity index (χ2v) is 3.77. The minimum atomic E-state index is -3.02. The van der Waals surface area contributed by atoms with Gasteiger partial charge in [-0.2, -0.15) is 8.78 Å². The first-order chi connectivity index (χ1) is 8.90. The molecular weight excluding hydrogens is 260 g/mol. The molecule has 0 spiro atoms. The van der Waals surface area contributed by atoms with Gasteiger partial charge in [-0.25, -0.2) is 0 Å². The zero-order valence-corrected chi connectivity index (χ0v) is 10.1. The molecule has 0 heterocycles. The molecule has 0 fully saturated rings. The number of halogens is 2. The highest BCUT2D eigenvalue weighted by molar-refractivity contribution is 5.75. The summed E-state index contributed by atoms with van der Waals surface area (Å²) in [4.78, 5) is 21.8. The lowest BCUT2D eigenvalue weighted by atomic mass is 10.0. The van der Waals surface area contributed by atoms with Crippen LogP contribution in [0.4, 0.5) is 8.78 Å². The molecule has 0 saturated carbocycles. The maximum atomic E-state index is 12.3. The van der Waals surface area contributed by atoms with Gasteiger partial charge in [0.1, 0.15) is 5.75 Å². The number of carbonyl (C=O) groups excluding carboxylic acids is 1. The summed E-state index contributed by atoms with van der Waals surface area (Å²) in [6, 6.07) is 4.82. The molecule has 0 unspecified atom stereocenters. The molecule has 0 bridgehead atoms. The van der Waals surface area contributed by atoms with Gasteiger partial charge in [-0.15, -0.1) is 0 Å². The Hall–Kier alpha value is -2.18. The molecule has 0 aliphatic carbocycles. The molecule has 0 saturated heterocycles. The van der Waals surface area contributed by atoms with Crippen LogP contribution in [0.2, 0.25) is 0 Å². The number of ether oxygens (including phenoxy) is 1. The average molecular weight is 273 g/mol. The van der Waals surface area contributed by atoms with Crippen LogP contribution < -0.4 is 10.1 Å². The van der Waals surface area contributed by atoms with E-state index in [0.29, 0.717) is 0 Å². The molecule has 1 amide bonds. The summed E-state index contributed by atoms with van der Waals surface area (Å²) in [5.74, 6) is -1.78. The molecule has 1 aromatic carbocycles. The maximum absolute atomic E-state index is 12.3. The van der Waals surface area contributed by atoms with Crippen LogP contribution in [-0.4, -0.2) is 23.6 Å². The highest BCUT2D eigenvalue weighted by Gasteiger charge is 2.21. The zero-order chi connectivity index (χ0) is 14.4. The van der Waals surface area contributed by atoms with Crippen molar-refractivity contribution in [3.05, 3.63) is 29.8 Å². The summed E-state index contributed by atoms with van der Waals surface area (Å²) in [6.45, 7) is -1.81. The molecule has 1 rings (SSSR count). The molecule has 7 heteroatoms. The zero-order valence-electron chi connectivity index (χ0n) is 10.1. The number of nitrogens with one attached hydrogen (secondary N) is 1. The molecule has 19 heavy (non-hydrogen) atoms. The fraction of sp³-hybridized carbons (Fsp3) is 0.333. The van der Waals surface area contributed by atoms with Crippen LogP contribution in [0.5, 0.6) is 5.75 Å². The number of carboxylic acid groups (broad SMARTS) is 1. The average Bonchev–Trinajstić information content (AvgIpc) is 2.26. The Morgan fingerprint density at radius 1 is 1.37 bits per heavy atom. The Morgan fingerprint density at radius 3 is 2.53 bits per heavy atom. The number of alkyl halides is 2. The van der Waals surface area contributed by atoms with Gasteiger partial charge in [0.15, 0.2) is 0 Å². The van der Waals surface area contributed by atoms with E-state index in [1.807, 2.05) is 0 Å². The predicted molar refractivity (Wildman–Crippen MR) is 61.9 cm³/mol. The first kappa shape index (κ1) is 14.9. The smallest absolute Gasteiger partial charge is 0.387 e. The van der Waals surface area contributed by atoms with E-state index in [4.69, 9.17) is 5.11 Å². The van der Waals surface area contributed by atoms with Crippen molar-refractivity contribution >= 4 is 11.9 Å². The van der Waals surface area contributed by atoms with Crippen molar-refractivity contribution in [1.29, 1.82) is 0 Å². The van der Waals surface area contributed by atoms with Crippen LogP contribution in [-0.2, 0) is 9.59 Å². The summed E-state index contributed by atoms with van der Waals surface area (Å²) >= 11 is 0. The molecule has 2 N–H and O–H groups in total. The van der Waals surface area contributed by atoms with Crippen molar-refractivity contribution in [3.63, 3.8) is 0 Å². The quantitative estimate of drug-likeness (QED) is 0.830. The summed E-state index contributed by atoms with van der Waals surface area (Å²) in [7, 11) is 0. The fourth-order valence-electron chi connectivity index (χ4n) is 1.63. The maximum Gasteiger partial charge on any atom is 0.387 e. The Morgan fingerprint density at radius 2 is 2.00 bits per heavy atom. The van der Waals surface area contributed by atoms with Crippen LogP contribution in [0.15, 0.2) is 24.3 Å². The number of carbonyl (C=O) groups is 2. The topological polar surface area (TPSA) is 75.6 Å². The van der Waals surface area contributed by atoms with Crippen LogP contribution in [0, 0.1) is 0 Å². The monoisotopic (exact) mass is 273 g/mol. The second kappa shape index (κ2) is 6.67. The van der Waals surface area contributed by atoms with Gasteiger partial charge in [0.2, 0.25) is 5.91 Å². The van der Waals surface area contributed by atoms with E-state index < -0.39 is 31.0 Å². The number of aliphatic carboxylic acids is 1. The SMILES string of the molecule is CC(=O)N[C@H](CC(=O)O)c1ccccc1OC(F)F. The van der Waals surface area contributed by atoms with Gasteiger partial charge >= 0.3 is 12.6 Å². The number of hydrogen-bond donors (Lipinski definition) is 2. The molecule has 5 nitrogen and oxygen atoms in total. The van der Waals surface area contributed by atoms with Crippen molar-refractivity contribution in [1.82, 2.24) is 5.32 Å². The van der Waals surface area contributed by atoms with Crippen molar-refractivity contribution in [2.45, 2.75) is 26.0 Å². The lowest BCUT2D eigenvalue weighted by Crippen LogP contribution is -2.28. The fourth-order valence-corrected chi connectivity index (χ4v) is 1.63. The Labute approximate surface area is 108 Å². The molecular formula is C12H13F2NO4. The van der Waals surface area contributed by atoms with E-state index in [1.54, 1.807) is 6.07 Å². The van der Waals surface area contributed by atoms with E-state index in [2.05, 4.69) is 10.1 Å². The third kappa shape index (κ3) is 4.90. The van der Waals surface area contributed by atoms with E-state index in [-0.39, 0.29) is 11.3 Å². The van der Waals surface area contributed by atoms with Crippen molar-refractivity contribution < 1.29 is 28.2 Å². The lowest BCUT2D eigenvalue weighted by molar-refractivity contribution is -0.137. The summed E-state index contributed by atoms with van der Waals surface area (Å²) in [6.07, 6.45) is -0.427. The third-order valence-corrected chi connectivity index (χ3v) is 2.27. The Bertz CT molecular complexity index is 449. The lowest BCUT2D eigenvalue weighted by Gasteiger charge is -2.19. The highest BCUT2D eigenvalue weighted by atomic mass is 19.3. The third-order valence-electron chi connectivity index (χ3n) is 2.27. The number of carboxylic acids is 1. The predicted octanol–water partition coefficient (Wildman–Crippen LogP) is 1.94. The molecule has 0 aromatic heterocycles. The standard InChI is InChI=1S/C12H13F2NO4/c1-7(16)15-9(6-11(17)18)8-4-2-3-5-10(8)19-12(13)14/h2-5,9,12H,6H2,1H3,(H,15,16)(H,17,18)/t9-/m1/s1. The normalized spacial score (nSPS) is 12.0. The van der Waals surface area contributed by atoms with E-state index in [1.165, 1.54) is 25.1 Å². The van der Waals surface area contributed by atoms with Gasteiger partial charge in [-0.1, -0.05) is 18.2 Å². The van der Waals surface area contributed by atoms with Gasteiger partial charge in [-0.05, 0) is 6.07 Å². The number of rotatable bonds is 6. The van der Waals surface area contributed by atoms with E-state index in [9.17, 15) is 18.4 Å². The summed E-state index contributed by atoms with van der Waals surface area (Å²) < 4.78 is 28.8. The highest BCUT2D eigenvalue weighted by Crippen LogP contribution is 2.28. The van der Waals surface area contributed by atoms with Gasteiger partial charge in [0.05, 0.1) is 12.5 Å². The number of hydrogen-bond acceptors (Lipinski definition) is 3. The van der Waals surface area contributed by atoms with E-state index in [0.717, 1.165) is 0 Å². The van der Waals surface area contributed by atoms with E-state index >= 15 is 0 Å². The Kier molecular flexibility index (Phi) is 5.23. The molecule has 0 aliphatic heterocycles. The van der Waals surface area contributed by atoms with Crippen LogP contribution in [0.1, 0.15) is 24.9 Å². The van der Waals surface area contributed by atoms with Gasteiger partial charge in [-0.3, -0.25) is 9.59 Å². The Balaban J connectivity index is 3.06. The van der Waals surface area contributed by atoms with Crippen LogP contribution in [0.25, 0.3) is 0 Å². The molecule has 0 aliphatic rings. The molecule has 1 atom stereocenters. The minimum Gasteiger partial charge on any atom is -0.481 e.